The zero-order valence-electron chi connectivity index (χ0n) is 6.57. The van der Waals surface area contributed by atoms with Gasteiger partial charge in [-0.1, -0.05) is 0 Å². The minimum absolute atomic E-state index is 0.127. The van der Waals surface area contributed by atoms with Gasteiger partial charge in [0.2, 0.25) is 0 Å². The number of hydrogen-bond donors (Lipinski definition) is 0. The minimum Gasteiger partial charge on any atom is -0.267 e. The van der Waals surface area contributed by atoms with E-state index < -0.39 is 0 Å². The lowest BCUT2D eigenvalue weighted by atomic mass is 10.1. The number of benzene rings is 1. The number of carbonyl (C=O) groups excluding carboxylic acids is 1. The molecule has 0 aliphatic carbocycles. The molecule has 3 heteroatoms. The van der Waals surface area contributed by atoms with Crippen LogP contribution in [0.25, 0.3) is 0 Å². The number of thioether (sulfide) groups is 1. The zero-order valence-corrected chi connectivity index (χ0v) is 7.39. The molecule has 0 aromatic heterocycles. The molecule has 0 N–H and O–H groups in total. The summed E-state index contributed by atoms with van der Waals surface area (Å²) in [6.07, 6.45) is 3.63. The summed E-state index contributed by atoms with van der Waals surface area (Å²) in [6, 6.07) is 5.75. The molecule has 2 nitrogen and oxygen atoms in total. The standard InChI is InChI=1S/C9H7NOS/c1-12-7-2-3-8-6(4-7)5-10-9(8)11/h2-5H,1H3. The van der Waals surface area contributed by atoms with E-state index in [1.54, 1.807) is 18.0 Å². The molecule has 0 fully saturated rings. The highest BCUT2D eigenvalue weighted by molar-refractivity contribution is 7.98. The quantitative estimate of drug-likeness (QED) is 0.614. The summed E-state index contributed by atoms with van der Waals surface area (Å²) in [5.41, 5.74) is 1.65. The molecule has 1 heterocycles. The second kappa shape index (κ2) is 2.75. The first kappa shape index (κ1) is 7.55. The summed E-state index contributed by atoms with van der Waals surface area (Å²) in [4.78, 5) is 15.9. The van der Waals surface area contributed by atoms with Crippen molar-refractivity contribution in [2.24, 2.45) is 4.99 Å². The highest BCUT2D eigenvalue weighted by atomic mass is 32.2. The van der Waals surface area contributed by atoms with E-state index in [4.69, 9.17) is 0 Å². The van der Waals surface area contributed by atoms with Gasteiger partial charge in [-0.3, -0.25) is 4.79 Å². The molecule has 1 aromatic carbocycles. The Kier molecular flexibility index (Phi) is 1.73. The lowest BCUT2D eigenvalue weighted by Gasteiger charge is -1.97. The van der Waals surface area contributed by atoms with Crippen molar-refractivity contribution >= 4 is 23.9 Å². The van der Waals surface area contributed by atoms with E-state index >= 15 is 0 Å². The largest absolute Gasteiger partial charge is 0.277 e. The van der Waals surface area contributed by atoms with E-state index in [1.807, 2.05) is 24.5 Å². The summed E-state index contributed by atoms with van der Waals surface area (Å²) in [5.74, 6) is -0.127. The van der Waals surface area contributed by atoms with E-state index in [2.05, 4.69) is 4.99 Å². The molecule has 0 saturated heterocycles. The molecule has 1 amide bonds. The Morgan fingerprint density at radius 3 is 3.00 bits per heavy atom. The van der Waals surface area contributed by atoms with E-state index in [9.17, 15) is 4.79 Å². The fourth-order valence-electron chi connectivity index (χ4n) is 1.17. The van der Waals surface area contributed by atoms with Crippen molar-refractivity contribution in [1.82, 2.24) is 0 Å². The maximum atomic E-state index is 11.1. The SMILES string of the molecule is CSc1ccc2c(c1)C=NC2=O. The van der Waals surface area contributed by atoms with Crippen molar-refractivity contribution in [1.29, 1.82) is 0 Å². The van der Waals surface area contributed by atoms with Crippen molar-refractivity contribution in [3.05, 3.63) is 29.3 Å². The molecule has 0 unspecified atom stereocenters. The molecular weight excluding hydrogens is 170 g/mol. The summed E-state index contributed by atoms with van der Waals surface area (Å²) in [7, 11) is 0. The van der Waals surface area contributed by atoms with E-state index in [-0.39, 0.29) is 5.91 Å². The number of rotatable bonds is 1. The van der Waals surface area contributed by atoms with Gasteiger partial charge in [0.05, 0.1) is 5.56 Å². The average Bonchev–Trinajstić information content (AvgIpc) is 2.47. The fraction of sp³-hybridized carbons (Fsp3) is 0.111. The summed E-state index contributed by atoms with van der Waals surface area (Å²) >= 11 is 1.66. The second-order valence-corrected chi connectivity index (χ2v) is 3.40. The molecule has 0 atom stereocenters. The van der Waals surface area contributed by atoms with Crippen LogP contribution in [0.4, 0.5) is 0 Å². The molecule has 1 aromatic rings. The van der Waals surface area contributed by atoms with Gasteiger partial charge in [0.15, 0.2) is 0 Å². The van der Waals surface area contributed by atoms with Crippen LogP contribution in [0.1, 0.15) is 15.9 Å². The van der Waals surface area contributed by atoms with Crippen LogP contribution in [0.2, 0.25) is 0 Å². The van der Waals surface area contributed by atoms with Gasteiger partial charge in [-0.05, 0) is 24.5 Å². The average molecular weight is 177 g/mol. The second-order valence-electron chi connectivity index (χ2n) is 2.52. The third kappa shape index (κ3) is 1.06. The van der Waals surface area contributed by atoms with E-state index in [0.717, 1.165) is 10.5 Å². The van der Waals surface area contributed by atoms with Crippen molar-refractivity contribution in [3.8, 4) is 0 Å². The Balaban J connectivity index is 2.54. The van der Waals surface area contributed by atoms with Gasteiger partial charge in [-0.15, -0.1) is 11.8 Å². The highest BCUT2D eigenvalue weighted by Gasteiger charge is 2.14. The van der Waals surface area contributed by atoms with Crippen molar-refractivity contribution in [2.75, 3.05) is 6.26 Å². The molecule has 0 radical (unpaired) electrons. The molecule has 12 heavy (non-hydrogen) atoms. The molecular formula is C9H7NOS. The van der Waals surface area contributed by atoms with Gasteiger partial charge < -0.3 is 0 Å². The first-order chi connectivity index (χ1) is 5.81. The lowest BCUT2D eigenvalue weighted by Crippen LogP contribution is -1.90. The summed E-state index contributed by atoms with van der Waals surface area (Å²) in [6.45, 7) is 0. The predicted octanol–water partition coefficient (Wildman–Crippen LogP) is 1.98. The molecule has 2 rings (SSSR count). The van der Waals surface area contributed by atoms with Gasteiger partial charge >= 0.3 is 0 Å². The molecule has 1 aliphatic rings. The monoisotopic (exact) mass is 177 g/mol. The van der Waals surface area contributed by atoms with Crippen molar-refractivity contribution in [3.63, 3.8) is 0 Å². The van der Waals surface area contributed by atoms with Crippen LogP contribution >= 0.6 is 11.8 Å². The third-order valence-corrected chi connectivity index (χ3v) is 2.54. The summed E-state index contributed by atoms with van der Waals surface area (Å²) < 4.78 is 0. The van der Waals surface area contributed by atoms with Crippen LogP contribution < -0.4 is 0 Å². The van der Waals surface area contributed by atoms with E-state index in [1.165, 1.54) is 0 Å². The van der Waals surface area contributed by atoms with Gasteiger partial charge in [0.25, 0.3) is 5.91 Å². The predicted molar refractivity (Wildman–Crippen MR) is 50.1 cm³/mol. The van der Waals surface area contributed by atoms with Gasteiger partial charge in [0, 0.05) is 16.7 Å². The first-order valence-corrected chi connectivity index (χ1v) is 4.80. The highest BCUT2D eigenvalue weighted by Crippen LogP contribution is 2.21. The number of carbonyl (C=O) groups is 1. The van der Waals surface area contributed by atoms with Crippen molar-refractivity contribution in [2.45, 2.75) is 4.90 Å². The van der Waals surface area contributed by atoms with Gasteiger partial charge in [-0.2, -0.15) is 0 Å². The molecule has 1 aliphatic heterocycles. The number of amides is 1. The fourth-order valence-corrected chi connectivity index (χ4v) is 1.62. The Labute approximate surface area is 74.7 Å². The van der Waals surface area contributed by atoms with Crippen molar-refractivity contribution < 1.29 is 4.79 Å². The molecule has 0 spiro atoms. The number of nitrogens with zero attached hydrogens (tertiary/aromatic N) is 1. The van der Waals surface area contributed by atoms with Crippen LogP contribution in [0.3, 0.4) is 0 Å². The normalized spacial score (nSPS) is 13.6. The van der Waals surface area contributed by atoms with E-state index in [0.29, 0.717) is 5.56 Å². The van der Waals surface area contributed by atoms with Crippen LogP contribution in [-0.4, -0.2) is 18.4 Å². The number of hydrogen-bond acceptors (Lipinski definition) is 2. The smallest absolute Gasteiger partial charge is 0.267 e. The van der Waals surface area contributed by atoms with Crippen LogP contribution in [-0.2, 0) is 0 Å². The number of fused-ring (bicyclic) bond motifs is 1. The lowest BCUT2D eigenvalue weighted by molar-refractivity contribution is 0.101. The topological polar surface area (TPSA) is 29.4 Å². The van der Waals surface area contributed by atoms with Gasteiger partial charge in [-0.25, -0.2) is 4.99 Å². The first-order valence-electron chi connectivity index (χ1n) is 3.58. The Bertz CT molecular complexity index is 371. The van der Waals surface area contributed by atoms with Gasteiger partial charge in [0.1, 0.15) is 0 Å². The Morgan fingerprint density at radius 1 is 1.42 bits per heavy atom. The third-order valence-electron chi connectivity index (χ3n) is 1.81. The molecule has 60 valence electrons. The maximum Gasteiger partial charge on any atom is 0.277 e. The zero-order chi connectivity index (χ0) is 8.55. The molecule has 0 bridgehead atoms. The van der Waals surface area contributed by atoms with Crippen LogP contribution in [0.5, 0.6) is 0 Å². The summed E-state index contributed by atoms with van der Waals surface area (Å²) in [5, 5.41) is 0. The minimum atomic E-state index is -0.127. The van der Waals surface area contributed by atoms with Crippen LogP contribution in [0, 0.1) is 0 Å². The number of aliphatic imine (C=N–C) groups is 1. The van der Waals surface area contributed by atoms with Crippen LogP contribution in [0.15, 0.2) is 28.1 Å². The Hall–Kier alpha value is -1.09. The Morgan fingerprint density at radius 2 is 2.25 bits per heavy atom. The maximum absolute atomic E-state index is 11.1. The molecule has 0 saturated carbocycles.